The Bertz CT molecular complexity index is 3520. The molecule has 472 valence electrons. The number of aromatic nitrogens is 13. The van der Waals surface area contributed by atoms with Gasteiger partial charge in [0.05, 0.1) is 60.9 Å². The van der Waals surface area contributed by atoms with Crippen LogP contribution in [0.25, 0.3) is 21.1 Å². The van der Waals surface area contributed by atoms with Crippen LogP contribution in [0.5, 0.6) is 5.75 Å². The Balaban J connectivity index is -0.000000208. The summed E-state index contributed by atoms with van der Waals surface area (Å²) in [7, 11) is 23.1. The average Bonchev–Trinajstić information content (AvgIpc) is 4.10. The summed E-state index contributed by atoms with van der Waals surface area (Å²) in [6.45, 7) is 18.1. The number of pyridine rings is 3. The van der Waals surface area contributed by atoms with Crippen LogP contribution in [0.2, 0.25) is 0 Å². The molecule has 0 saturated heterocycles. The monoisotopic (exact) mass is 1200 g/mol. The molecule has 0 fully saturated rings. The number of hydrogen-bond donors (Lipinski definition) is 1. The summed E-state index contributed by atoms with van der Waals surface area (Å²) in [4.78, 5) is 22.5. The second-order valence-electron chi connectivity index (χ2n) is 19.2. The summed E-state index contributed by atoms with van der Waals surface area (Å²) in [5, 5.41) is 16.0. The lowest BCUT2D eigenvalue weighted by molar-refractivity contribution is -0.748. The predicted octanol–water partition coefficient (Wildman–Crippen LogP) is 9.50. The third-order valence-corrected chi connectivity index (χ3v) is 14.3. The van der Waals surface area contributed by atoms with Gasteiger partial charge in [-0.05, 0) is 71.4 Å². The van der Waals surface area contributed by atoms with Gasteiger partial charge in [-0.3, -0.25) is 0 Å². The van der Waals surface area contributed by atoms with Gasteiger partial charge >= 0.3 is 11.4 Å². The van der Waals surface area contributed by atoms with Gasteiger partial charge in [-0.15, -0.1) is 9.36 Å². The van der Waals surface area contributed by atoms with Crippen molar-refractivity contribution in [3.8, 4) is 5.75 Å². The molecule has 0 saturated carbocycles. The number of fused-ring (bicyclic) bond motifs is 2. The van der Waals surface area contributed by atoms with Gasteiger partial charge < -0.3 is 5.11 Å². The van der Waals surface area contributed by atoms with Crippen molar-refractivity contribution in [2.45, 2.75) is 122 Å². The summed E-state index contributed by atoms with van der Waals surface area (Å²) in [5.41, 5.74) is 10.2. The Morgan fingerprint density at radius 1 is 0.494 bits per heavy atom. The minimum absolute atomic E-state index is 0. The van der Waals surface area contributed by atoms with Gasteiger partial charge in [0, 0.05) is 85.5 Å². The first-order chi connectivity index (χ1) is 36.2. The summed E-state index contributed by atoms with van der Waals surface area (Å²) < 4.78 is 24.0. The first-order valence-electron chi connectivity index (χ1n) is 25.3. The molecule has 0 radical (unpaired) electrons. The van der Waals surface area contributed by atoms with Crippen molar-refractivity contribution in [1.82, 2.24) is 23.6 Å². The van der Waals surface area contributed by atoms with Gasteiger partial charge in [-0.1, -0.05) is 88.9 Å². The van der Waals surface area contributed by atoms with Crippen LogP contribution in [0.15, 0.2) is 150 Å². The molecule has 16 nitrogen and oxygen atoms in total. The number of para-hydroxylation sites is 1. The van der Waals surface area contributed by atoms with E-state index in [2.05, 4.69) is 104 Å². The van der Waals surface area contributed by atoms with Crippen molar-refractivity contribution >= 4 is 32.5 Å². The van der Waals surface area contributed by atoms with E-state index in [1.165, 1.54) is 32.0 Å². The topological polar surface area (TPSA) is 118 Å². The molecule has 17 heteroatoms. The number of thiazole rings is 1. The van der Waals surface area contributed by atoms with Gasteiger partial charge in [-0.2, -0.15) is 32.5 Å². The summed E-state index contributed by atoms with van der Waals surface area (Å²) in [6.07, 6.45) is 15.8. The van der Waals surface area contributed by atoms with E-state index in [0.717, 1.165) is 39.4 Å². The lowest BCUT2D eigenvalue weighted by Gasteiger charge is -1.99. The van der Waals surface area contributed by atoms with Gasteiger partial charge in [0.25, 0.3) is 6.33 Å². The summed E-state index contributed by atoms with van der Waals surface area (Å²) in [6, 6.07) is 30.5. The van der Waals surface area contributed by atoms with Gasteiger partial charge in [0.2, 0.25) is 22.5 Å². The normalized spacial score (nSPS) is 9.09. The minimum Gasteiger partial charge on any atom is -0.508 e. The second-order valence-corrected chi connectivity index (χ2v) is 20.4. The quantitative estimate of drug-likeness (QED) is 0.152. The number of aryl methyl sites for hydroxylation is 17. The highest BCUT2D eigenvalue weighted by Gasteiger charge is 2.14. The number of aromatic hydroxyl groups is 1. The van der Waals surface area contributed by atoms with Gasteiger partial charge in [0.15, 0.2) is 43.7 Å². The molecule has 0 aliphatic rings. The number of hydrogen-bond acceptors (Lipinski definition) is 5. The van der Waals surface area contributed by atoms with Crippen LogP contribution in [-0.4, -0.2) is 28.7 Å². The minimum atomic E-state index is 0. The molecule has 10 aromatic rings. The maximum atomic E-state index is 11.3. The zero-order valence-corrected chi connectivity index (χ0v) is 50.6. The number of phenolic OH excluding ortho intramolecular Hbond substituents is 1. The average molecular weight is 1200 g/mol. The third-order valence-electron chi connectivity index (χ3n) is 13.1. The first-order valence-corrected chi connectivity index (χ1v) is 26.1. The molecule has 0 aliphatic heterocycles. The van der Waals surface area contributed by atoms with Crippen LogP contribution in [0.3, 0.4) is 0 Å². The second kappa shape index (κ2) is 41.9. The highest BCUT2D eigenvalue weighted by molar-refractivity contribution is 7.18. The number of nitrogens with zero attached hydrogens (tertiary/aromatic N) is 13. The van der Waals surface area contributed by atoms with E-state index in [9.17, 15) is 14.7 Å². The number of phenols is 1. The largest absolute Gasteiger partial charge is 0.508 e. The fourth-order valence-corrected chi connectivity index (χ4v) is 8.20. The lowest BCUT2D eigenvalue weighted by atomic mass is 10.1. The highest BCUT2D eigenvalue weighted by atomic mass is 32.1. The van der Waals surface area contributed by atoms with Crippen LogP contribution in [-0.2, 0) is 84.6 Å². The van der Waals surface area contributed by atoms with E-state index in [1.54, 1.807) is 65.0 Å². The molecule has 10 rings (SSSR count). The molecule has 0 bridgehead atoms. The molecule has 85 heavy (non-hydrogen) atoms. The van der Waals surface area contributed by atoms with Crippen LogP contribution >= 0.6 is 11.3 Å². The fourth-order valence-electron chi connectivity index (χ4n) is 7.19. The van der Waals surface area contributed by atoms with E-state index in [1.807, 2.05) is 190 Å². The molecule has 8 aromatic heterocycles. The standard InChI is InChI=1S/C10H12N2O.C9H10NS.C8H13N2O.C7H11N2O.3C7H10N.C5H10N3.8CH4/c1-7-9(13)5-4-8-6-11(2)12(3)10(7)8;1-7-10(2)8-5-3-4-6-9(8)11-7;1-6-5-7(2)10(4)8(11)9(6)3;1-6-4-5-8(2)7(10)9(6)3;1-7-3-5-8(2)6-4-7;1-7-4-3-5-8(2)6-7;1-7-5-3-4-6-8(7)2;1-5-7(2)4-6-8(5)3;;;;;;;;/h4-6H,1-3H3;3-6H,1-2H3;5H,1-4H3;4-5H,1-3H3;3*3-6H,1-2H3;4H,1-3H3;8*1H4/q;7*+1;;;;;;;;/p+1. The van der Waals surface area contributed by atoms with Gasteiger partial charge in [-0.25, -0.2) is 22.8 Å². The van der Waals surface area contributed by atoms with Crippen molar-refractivity contribution in [2.24, 2.45) is 84.6 Å². The number of benzene rings is 2. The molecule has 0 amide bonds. The van der Waals surface area contributed by atoms with Crippen molar-refractivity contribution in [2.75, 3.05) is 0 Å². The molecule has 0 aliphatic carbocycles. The molecule has 0 atom stereocenters. The predicted molar refractivity (Wildman–Crippen MR) is 358 cm³/mol. The Kier molecular flexibility index (Phi) is 43.4. The summed E-state index contributed by atoms with van der Waals surface area (Å²) in [5.74, 6) is 1.51. The third kappa shape index (κ3) is 26.6. The Morgan fingerprint density at radius 3 is 1.51 bits per heavy atom. The molecule has 0 spiro atoms. The van der Waals surface area contributed by atoms with Crippen molar-refractivity contribution in [3.05, 3.63) is 212 Å². The first kappa shape index (κ1) is 88.2. The zero-order chi connectivity index (χ0) is 57.8. The zero-order valence-electron chi connectivity index (χ0n) is 49.8. The Labute approximate surface area is 519 Å². The van der Waals surface area contributed by atoms with E-state index < -0.39 is 0 Å². The molecular weight excluding hydrogens is 1080 g/mol. The van der Waals surface area contributed by atoms with Crippen molar-refractivity contribution in [1.29, 1.82) is 0 Å². The van der Waals surface area contributed by atoms with Crippen LogP contribution in [0.4, 0.5) is 0 Å². The van der Waals surface area contributed by atoms with Gasteiger partial charge in [0.1, 0.15) is 61.2 Å². The SMILES string of the molecule is C.C.C.C.C.C.C.C.Cc1c(O)ccc2c[n+](C)n(C)c12.Cc1cc(C)[n+](C)c(=O)n1C.Cc1cc[n+](C)c(=O)n1C.Cc1cc[n+](C)cc1.Cc1ccc[n+](C)c1.Cc1cccc[n+]1C.Cc1n(C)nc[n+]1C.Cc1sc2ccccc2[n+]1C. The Morgan fingerprint density at radius 2 is 1.06 bits per heavy atom. The molecular formula is C68H119N13O3S+8. The molecule has 0 unspecified atom stereocenters. The smallest absolute Gasteiger partial charge is 0.497 e. The van der Waals surface area contributed by atoms with E-state index >= 15 is 0 Å². The Hall–Kier alpha value is -8.05. The van der Waals surface area contributed by atoms with Crippen LogP contribution < -0.4 is 48.0 Å². The fraction of sp³-hybridized carbons (Fsp3) is 0.426. The van der Waals surface area contributed by atoms with E-state index in [4.69, 9.17) is 0 Å². The maximum absolute atomic E-state index is 11.3. The number of rotatable bonds is 0. The van der Waals surface area contributed by atoms with E-state index in [-0.39, 0.29) is 70.8 Å². The summed E-state index contributed by atoms with van der Waals surface area (Å²) >= 11 is 1.84. The van der Waals surface area contributed by atoms with Crippen molar-refractivity contribution in [3.63, 3.8) is 0 Å². The molecule has 2 aromatic carbocycles. The maximum Gasteiger partial charge on any atom is 0.497 e. The van der Waals surface area contributed by atoms with Crippen molar-refractivity contribution < 1.29 is 41.8 Å². The lowest BCUT2D eigenvalue weighted by Crippen LogP contribution is -2.53. The van der Waals surface area contributed by atoms with E-state index in [0.29, 0.717) is 5.75 Å². The van der Waals surface area contributed by atoms with Crippen LogP contribution in [0, 0.1) is 62.3 Å². The molecule has 1 N–H and O–H groups in total. The van der Waals surface area contributed by atoms with Crippen LogP contribution in [0.1, 0.15) is 110 Å². The highest BCUT2D eigenvalue weighted by Crippen LogP contribution is 2.24. The molecule has 8 heterocycles.